The zero-order valence-corrected chi connectivity index (χ0v) is 12.4. The van der Waals surface area contributed by atoms with Crippen LogP contribution in [0.15, 0.2) is 0 Å². The Hall–Kier alpha value is -1.32. The summed E-state index contributed by atoms with van der Waals surface area (Å²) in [5.41, 5.74) is 6.63. The van der Waals surface area contributed by atoms with Crippen molar-refractivity contribution in [1.29, 1.82) is 0 Å². The van der Waals surface area contributed by atoms with Crippen LogP contribution in [0.4, 0.5) is 5.82 Å². The maximum atomic E-state index is 5.94. The molecule has 1 unspecified atom stereocenters. The minimum absolute atomic E-state index is 0.131. The number of hydrogen-bond acceptors (Lipinski definition) is 4. The van der Waals surface area contributed by atoms with Crippen molar-refractivity contribution in [2.45, 2.75) is 65.9 Å². The second-order valence-electron chi connectivity index (χ2n) is 5.83. The molecule has 0 saturated heterocycles. The number of rotatable bonds is 4. The van der Waals surface area contributed by atoms with Crippen molar-refractivity contribution in [1.82, 2.24) is 9.97 Å². The molecule has 1 aromatic rings. The Morgan fingerprint density at radius 3 is 2.39 bits per heavy atom. The smallest absolute Gasteiger partial charge is 0.222 e. The third-order valence-electron chi connectivity index (χ3n) is 2.82. The van der Waals surface area contributed by atoms with Crippen molar-refractivity contribution < 1.29 is 4.74 Å². The van der Waals surface area contributed by atoms with Gasteiger partial charge in [0.1, 0.15) is 11.6 Å². The van der Waals surface area contributed by atoms with Crippen LogP contribution < -0.4 is 10.5 Å². The normalized spacial score (nSPS) is 13.4. The molecule has 0 aliphatic rings. The third-order valence-corrected chi connectivity index (χ3v) is 2.82. The lowest BCUT2D eigenvalue weighted by Crippen LogP contribution is -2.20. The van der Waals surface area contributed by atoms with Crippen LogP contribution in [0, 0.1) is 6.92 Å². The lowest BCUT2D eigenvalue weighted by atomic mass is 9.95. The number of nitrogens with zero attached hydrogens (tertiary/aromatic N) is 2. The van der Waals surface area contributed by atoms with Crippen LogP contribution in [0.1, 0.15) is 58.8 Å². The Morgan fingerprint density at radius 2 is 1.89 bits per heavy atom. The summed E-state index contributed by atoms with van der Waals surface area (Å²) in [7, 11) is 0. The van der Waals surface area contributed by atoms with E-state index in [0.29, 0.717) is 11.7 Å². The van der Waals surface area contributed by atoms with Crippen LogP contribution in [-0.4, -0.2) is 16.1 Å². The number of ether oxygens (including phenoxy) is 1. The molecule has 0 fully saturated rings. The molecule has 0 bridgehead atoms. The second kappa shape index (κ2) is 5.55. The Morgan fingerprint density at radius 1 is 1.28 bits per heavy atom. The van der Waals surface area contributed by atoms with Gasteiger partial charge in [-0.2, -0.15) is 4.98 Å². The van der Waals surface area contributed by atoms with E-state index in [0.717, 1.165) is 24.2 Å². The Bertz CT molecular complexity index is 410. The summed E-state index contributed by atoms with van der Waals surface area (Å²) in [5.74, 6) is 1.85. The van der Waals surface area contributed by atoms with Crippen LogP contribution in [0.3, 0.4) is 0 Å². The van der Waals surface area contributed by atoms with E-state index in [2.05, 4.69) is 44.6 Å². The van der Waals surface area contributed by atoms with E-state index < -0.39 is 0 Å². The number of nitrogen functional groups attached to an aromatic ring is 1. The summed E-state index contributed by atoms with van der Waals surface area (Å²) >= 11 is 0. The second-order valence-corrected chi connectivity index (χ2v) is 5.83. The first-order chi connectivity index (χ1) is 8.25. The van der Waals surface area contributed by atoms with E-state index in [-0.39, 0.29) is 11.5 Å². The molecule has 102 valence electrons. The molecule has 1 heterocycles. The molecule has 0 spiro atoms. The molecule has 0 saturated carbocycles. The first-order valence-corrected chi connectivity index (χ1v) is 6.57. The molecule has 2 N–H and O–H groups in total. The standard InChI is InChI=1S/C14H25N3O/c1-7-8-9(2)18-12-10(3)11(15)16-13(17-12)14(4,5)6/h9H,7-8H2,1-6H3,(H2,15,16,17). The van der Waals surface area contributed by atoms with Crippen LogP contribution in [-0.2, 0) is 5.41 Å². The van der Waals surface area contributed by atoms with Gasteiger partial charge < -0.3 is 10.5 Å². The van der Waals surface area contributed by atoms with Crippen molar-refractivity contribution in [3.8, 4) is 5.88 Å². The molecule has 1 atom stereocenters. The maximum absolute atomic E-state index is 5.94. The fraction of sp³-hybridized carbons (Fsp3) is 0.714. The molecule has 1 aromatic heterocycles. The molecular formula is C14H25N3O. The summed E-state index contributed by atoms with van der Waals surface area (Å²) in [5, 5.41) is 0. The number of aromatic nitrogens is 2. The van der Waals surface area contributed by atoms with E-state index in [1.807, 2.05) is 6.92 Å². The quantitative estimate of drug-likeness (QED) is 0.892. The summed E-state index contributed by atoms with van der Waals surface area (Å²) in [6.45, 7) is 12.3. The lowest BCUT2D eigenvalue weighted by molar-refractivity contribution is 0.198. The molecule has 18 heavy (non-hydrogen) atoms. The predicted molar refractivity (Wildman–Crippen MR) is 74.9 cm³/mol. The van der Waals surface area contributed by atoms with Gasteiger partial charge in [0.05, 0.1) is 11.7 Å². The highest BCUT2D eigenvalue weighted by molar-refractivity contribution is 5.45. The van der Waals surface area contributed by atoms with Crippen molar-refractivity contribution >= 4 is 5.82 Å². The van der Waals surface area contributed by atoms with Gasteiger partial charge in [-0.15, -0.1) is 0 Å². The highest BCUT2D eigenvalue weighted by Gasteiger charge is 2.21. The van der Waals surface area contributed by atoms with Gasteiger partial charge in [0, 0.05) is 5.41 Å². The van der Waals surface area contributed by atoms with Crippen molar-refractivity contribution in [3.63, 3.8) is 0 Å². The van der Waals surface area contributed by atoms with Crippen LogP contribution in [0.5, 0.6) is 5.88 Å². The van der Waals surface area contributed by atoms with Crippen molar-refractivity contribution in [2.75, 3.05) is 5.73 Å². The van der Waals surface area contributed by atoms with Gasteiger partial charge in [-0.1, -0.05) is 34.1 Å². The zero-order valence-electron chi connectivity index (χ0n) is 12.4. The average molecular weight is 251 g/mol. The summed E-state index contributed by atoms with van der Waals surface area (Å²) in [6.07, 6.45) is 2.25. The van der Waals surface area contributed by atoms with Crippen molar-refractivity contribution in [3.05, 3.63) is 11.4 Å². The van der Waals surface area contributed by atoms with Gasteiger partial charge in [0.15, 0.2) is 0 Å². The SMILES string of the molecule is CCCC(C)Oc1nc(C(C)(C)C)nc(N)c1C. The Labute approximate surface area is 110 Å². The minimum Gasteiger partial charge on any atom is -0.474 e. The largest absolute Gasteiger partial charge is 0.474 e. The van der Waals surface area contributed by atoms with Crippen LogP contribution in [0.2, 0.25) is 0 Å². The molecule has 0 aliphatic heterocycles. The van der Waals surface area contributed by atoms with Crippen molar-refractivity contribution in [2.24, 2.45) is 0 Å². The highest BCUT2D eigenvalue weighted by atomic mass is 16.5. The minimum atomic E-state index is -0.131. The first-order valence-electron chi connectivity index (χ1n) is 6.57. The Kier molecular flexibility index (Phi) is 4.54. The van der Waals surface area contributed by atoms with Gasteiger partial charge in [0.25, 0.3) is 0 Å². The fourth-order valence-electron chi connectivity index (χ4n) is 1.62. The van der Waals surface area contributed by atoms with E-state index in [9.17, 15) is 0 Å². The molecular weight excluding hydrogens is 226 g/mol. The van der Waals surface area contributed by atoms with Gasteiger partial charge >= 0.3 is 0 Å². The topological polar surface area (TPSA) is 61.0 Å². The number of nitrogens with two attached hydrogens (primary N) is 1. The van der Waals surface area contributed by atoms with Crippen LogP contribution in [0.25, 0.3) is 0 Å². The third kappa shape index (κ3) is 3.59. The molecule has 0 radical (unpaired) electrons. The molecule has 1 rings (SSSR count). The molecule has 4 nitrogen and oxygen atoms in total. The molecule has 4 heteroatoms. The molecule has 0 amide bonds. The number of anilines is 1. The maximum Gasteiger partial charge on any atom is 0.222 e. The van der Waals surface area contributed by atoms with E-state index in [1.165, 1.54) is 0 Å². The van der Waals surface area contributed by atoms with Gasteiger partial charge in [-0.3, -0.25) is 0 Å². The summed E-state index contributed by atoms with van der Waals surface area (Å²) in [6, 6.07) is 0. The first kappa shape index (κ1) is 14.7. The van der Waals surface area contributed by atoms with E-state index in [1.54, 1.807) is 0 Å². The number of hydrogen-bond donors (Lipinski definition) is 1. The summed E-state index contributed by atoms with van der Waals surface area (Å²) in [4.78, 5) is 8.86. The van der Waals surface area contributed by atoms with Gasteiger partial charge in [-0.05, 0) is 20.3 Å². The molecule has 0 aliphatic carbocycles. The predicted octanol–water partition coefficient (Wildman–Crippen LogP) is 3.23. The lowest BCUT2D eigenvalue weighted by Gasteiger charge is -2.21. The fourth-order valence-corrected chi connectivity index (χ4v) is 1.62. The van der Waals surface area contributed by atoms with Gasteiger partial charge in [-0.25, -0.2) is 4.98 Å². The highest BCUT2D eigenvalue weighted by Crippen LogP contribution is 2.27. The average Bonchev–Trinajstić information content (AvgIpc) is 2.23. The van der Waals surface area contributed by atoms with Crippen LogP contribution >= 0.6 is 0 Å². The summed E-state index contributed by atoms with van der Waals surface area (Å²) < 4.78 is 5.87. The zero-order chi connectivity index (χ0) is 13.9. The van der Waals surface area contributed by atoms with Gasteiger partial charge in [0.2, 0.25) is 5.88 Å². The molecule has 0 aromatic carbocycles. The monoisotopic (exact) mass is 251 g/mol. The Balaban J connectivity index is 3.07. The van der Waals surface area contributed by atoms with E-state index in [4.69, 9.17) is 10.5 Å². The van der Waals surface area contributed by atoms with E-state index >= 15 is 0 Å².